The number of aryl methyl sites for hydroxylation is 1. The summed E-state index contributed by atoms with van der Waals surface area (Å²) in [5, 5.41) is 2.75. The van der Waals surface area contributed by atoms with Gasteiger partial charge in [0.05, 0.1) is 24.3 Å². The van der Waals surface area contributed by atoms with Gasteiger partial charge < -0.3 is 14.4 Å². The molecule has 2 saturated heterocycles. The molecule has 0 saturated carbocycles. The SMILES string of the molecule is Cc1nc(C(=O)N2CCCCC2C2OCCO2)cs1. The van der Waals surface area contributed by atoms with Gasteiger partial charge in [0.25, 0.3) is 5.91 Å². The van der Waals surface area contributed by atoms with Crippen molar-refractivity contribution in [2.45, 2.75) is 38.5 Å². The molecule has 1 atom stereocenters. The highest BCUT2D eigenvalue weighted by Crippen LogP contribution is 2.26. The second-order valence-corrected chi connectivity index (χ2v) is 5.99. The zero-order valence-corrected chi connectivity index (χ0v) is 11.8. The highest BCUT2D eigenvalue weighted by molar-refractivity contribution is 7.09. The molecule has 1 amide bonds. The molecule has 3 rings (SSSR count). The normalized spacial score (nSPS) is 24.9. The lowest BCUT2D eigenvalue weighted by molar-refractivity contribution is -0.100. The Labute approximate surface area is 116 Å². The van der Waals surface area contributed by atoms with Crippen molar-refractivity contribution in [2.24, 2.45) is 0 Å². The van der Waals surface area contributed by atoms with Crippen molar-refractivity contribution in [3.63, 3.8) is 0 Å². The molecule has 0 spiro atoms. The summed E-state index contributed by atoms with van der Waals surface area (Å²) >= 11 is 1.51. The molecule has 0 radical (unpaired) electrons. The van der Waals surface area contributed by atoms with E-state index in [0.29, 0.717) is 18.9 Å². The first-order valence-corrected chi connectivity index (χ1v) is 7.60. The fourth-order valence-electron chi connectivity index (χ4n) is 2.70. The van der Waals surface area contributed by atoms with Crippen LogP contribution in [-0.2, 0) is 9.47 Å². The van der Waals surface area contributed by atoms with Crippen LogP contribution in [0.2, 0.25) is 0 Å². The number of amides is 1. The van der Waals surface area contributed by atoms with E-state index in [1.54, 1.807) is 0 Å². The minimum absolute atomic E-state index is 0.00755. The van der Waals surface area contributed by atoms with Gasteiger partial charge in [-0.2, -0.15) is 0 Å². The number of thiazole rings is 1. The van der Waals surface area contributed by atoms with Crippen molar-refractivity contribution >= 4 is 17.2 Å². The molecule has 6 heteroatoms. The number of hydrogen-bond donors (Lipinski definition) is 0. The van der Waals surface area contributed by atoms with Crippen LogP contribution in [0.15, 0.2) is 5.38 Å². The molecule has 2 aliphatic heterocycles. The average Bonchev–Trinajstić information content (AvgIpc) is 3.09. The second-order valence-electron chi connectivity index (χ2n) is 4.92. The molecule has 1 unspecified atom stereocenters. The fourth-order valence-corrected chi connectivity index (χ4v) is 3.29. The van der Waals surface area contributed by atoms with Gasteiger partial charge in [0.2, 0.25) is 0 Å². The summed E-state index contributed by atoms with van der Waals surface area (Å²) in [4.78, 5) is 18.7. The van der Waals surface area contributed by atoms with Gasteiger partial charge in [0, 0.05) is 11.9 Å². The first-order valence-electron chi connectivity index (χ1n) is 6.72. The standard InChI is InChI=1S/C13H18N2O3S/c1-9-14-10(8-19-9)12(16)15-5-3-2-4-11(15)13-17-6-7-18-13/h8,11,13H,2-7H2,1H3. The van der Waals surface area contributed by atoms with Crippen molar-refractivity contribution in [1.29, 1.82) is 0 Å². The van der Waals surface area contributed by atoms with Crippen LogP contribution in [0, 0.1) is 6.92 Å². The van der Waals surface area contributed by atoms with E-state index in [2.05, 4.69) is 4.98 Å². The largest absolute Gasteiger partial charge is 0.348 e. The van der Waals surface area contributed by atoms with Gasteiger partial charge in [-0.3, -0.25) is 4.79 Å². The summed E-state index contributed by atoms with van der Waals surface area (Å²) in [6.07, 6.45) is 2.84. The third-order valence-corrected chi connectivity index (χ3v) is 4.38. The Bertz CT molecular complexity index is 456. The average molecular weight is 282 g/mol. The zero-order valence-electron chi connectivity index (χ0n) is 11.0. The fraction of sp³-hybridized carbons (Fsp3) is 0.692. The maximum Gasteiger partial charge on any atom is 0.273 e. The van der Waals surface area contributed by atoms with E-state index in [9.17, 15) is 4.79 Å². The number of ether oxygens (including phenoxy) is 2. The number of carbonyl (C=O) groups excluding carboxylic acids is 1. The Kier molecular flexibility index (Phi) is 3.81. The summed E-state index contributed by atoms with van der Waals surface area (Å²) in [6.45, 7) is 3.93. The van der Waals surface area contributed by atoms with E-state index in [1.807, 2.05) is 17.2 Å². The van der Waals surface area contributed by atoms with E-state index >= 15 is 0 Å². The molecule has 0 N–H and O–H groups in total. The van der Waals surface area contributed by atoms with Gasteiger partial charge in [-0.1, -0.05) is 0 Å². The van der Waals surface area contributed by atoms with Crippen molar-refractivity contribution in [1.82, 2.24) is 9.88 Å². The second kappa shape index (κ2) is 5.56. The smallest absolute Gasteiger partial charge is 0.273 e. The van der Waals surface area contributed by atoms with Crippen molar-refractivity contribution in [3.05, 3.63) is 16.1 Å². The van der Waals surface area contributed by atoms with Crippen molar-refractivity contribution in [3.8, 4) is 0 Å². The first kappa shape index (κ1) is 13.0. The molecule has 0 aliphatic carbocycles. The summed E-state index contributed by atoms with van der Waals surface area (Å²) in [6, 6.07) is 0.0331. The molecule has 2 fully saturated rings. The number of likely N-dealkylation sites (tertiary alicyclic amines) is 1. The highest BCUT2D eigenvalue weighted by Gasteiger charge is 2.37. The van der Waals surface area contributed by atoms with E-state index in [4.69, 9.17) is 9.47 Å². The Morgan fingerprint density at radius 1 is 1.42 bits per heavy atom. The van der Waals surface area contributed by atoms with Crippen LogP contribution < -0.4 is 0 Å². The molecule has 1 aromatic rings. The summed E-state index contributed by atoms with van der Waals surface area (Å²) in [7, 11) is 0. The highest BCUT2D eigenvalue weighted by atomic mass is 32.1. The molecule has 5 nitrogen and oxygen atoms in total. The molecule has 104 valence electrons. The molecular weight excluding hydrogens is 264 g/mol. The Hall–Kier alpha value is -0.980. The van der Waals surface area contributed by atoms with Crippen LogP contribution in [-0.4, -0.2) is 47.9 Å². The lowest BCUT2D eigenvalue weighted by Crippen LogP contribution is -2.50. The van der Waals surface area contributed by atoms with E-state index < -0.39 is 0 Å². The van der Waals surface area contributed by atoms with Crippen LogP contribution >= 0.6 is 11.3 Å². The van der Waals surface area contributed by atoms with Crippen LogP contribution in [0.1, 0.15) is 34.8 Å². The van der Waals surface area contributed by atoms with Crippen molar-refractivity contribution < 1.29 is 14.3 Å². The molecule has 1 aromatic heterocycles. The maximum atomic E-state index is 12.5. The molecule has 0 aromatic carbocycles. The number of rotatable bonds is 2. The quantitative estimate of drug-likeness (QED) is 0.830. The number of aromatic nitrogens is 1. The number of hydrogen-bond acceptors (Lipinski definition) is 5. The minimum Gasteiger partial charge on any atom is -0.348 e. The number of piperidine rings is 1. The van der Waals surface area contributed by atoms with E-state index in [1.165, 1.54) is 11.3 Å². The van der Waals surface area contributed by atoms with Crippen LogP contribution in [0.3, 0.4) is 0 Å². The third kappa shape index (κ3) is 2.66. The zero-order chi connectivity index (χ0) is 13.2. The summed E-state index contributed by atoms with van der Waals surface area (Å²) in [5.74, 6) is 0.00755. The van der Waals surface area contributed by atoms with Gasteiger partial charge in [-0.25, -0.2) is 4.98 Å². The van der Waals surface area contributed by atoms with Gasteiger partial charge in [0.15, 0.2) is 6.29 Å². The first-order chi connectivity index (χ1) is 9.25. The lowest BCUT2D eigenvalue weighted by Gasteiger charge is -2.37. The lowest BCUT2D eigenvalue weighted by atomic mass is 10.0. The monoisotopic (exact) mass is 282 g/mol. The predicted octanol–water partition coefficient (Wildman–Crippen LogP) is 1.82. The van der Waals surface area contributed by atoms with Crippen LogP contribution in [0.4, 0.5) is 0 Å². The Balaban J connectivity index is 1.77. The van der Waals surface area contributed by atoms with Gasteiger partial charge in [0.1, 0.15) is 5.69 Å². The molecule has 19 heavy (non-hydrogen) atoms. The summed E-state index contributed by atoms with van der Waals surface area (Å²) in [5.41, 5.74) is 0.549. The van der Waals surface area contributed by atoms with Crippen molar-refractivity contribution in [2.75, 3.05) is 19.8 Å². The molecule has 3 heterocycles. The molecular formula is C13H18N2O3S. The molecule has 0 bridgehead atoms. The maximum absolute atomic E-state index is 12.5. The third-order valence-electron chi connectivity index (χ3n) is 3.61. The Morgan fingerprint density at radius 3 is 2.89 bits per heavy atom. The topological polar surface area (TPSA) is 51.7 Å². The van der Waals surface area contributed by atoms with Gasteiger partial charge >= 0.3 is 0 Å². The number of nitrogens with zero attached hydrogens (tertiary/aromatic N) is 2. The predicted molar refractivity (Wildman–Crippen MR) is 71.2 cm³/mol. The Morgan fingerprint density at radius 2 is 2.21 bits per heavy atom. The van der Waals surface area contributed by atoms with Crippen LogP contribution in [0.25, 0.3) is 0 Å². The minimum atomic E-state index is -0.260. The van der Waals surface area contributed by atoms with Crippen LogP contribution in [0.5, 0.6) is 0 Å². The summed E-state index contributed by atoms with van der Waals surface area (Å²) < 4.78 is 11.2. The van der Waals surface area contributed by atoms with Gasteiger partial charge in [-0.05, 0) is 26.2 Å². The number of carbonyl (C=O) groups is 1. The molecule has 2 aliphatic rings. The van der Waals surface area contributed by atoms with Gasteiger partial charge in [-0.15, -0.1) is 11.3 Å². The van der Waals surface area contributed by atoms with E-state index in [-0.39, 0.29) is 18.2 Å². The van der Waals surface area contributed by atoms with E-state index in [0.717, 1.165) is 30.8 Å².